The van der Waals surface area contributed by atoms with E-state index < -0.39 is 0 Å². The second kappa shape index (κ2) is 6.93. The zero-order valence-electron chi connectivity index (χ0n) is 13.0. The Hall–Kier alpha value is -2.56. The van der Waals surface area contributed by atoms with Crippen LogP contribution in [0, 0.1) is 13.8 Å². The molecule has 2 rings (SSSR count). The Balaban J connectivity index is 2.00. The SMILES string of the molecule is COc1cccc(CC(=O)NCc2c(C)cc(C)[nH]c2=O)c1. The average molecular weight is 300 g/mol. The molecule has 0 aliphatic carbocycles. The predicted octanol–water partition coefficient (Wildman–Crippen LogP) is 1.86. The van der Waals surface area contributed by atoms with Crippen LogP contribution in [0.15, 0.2) is 35.1 Å². The molecule has 116 valence electrons. The molecule has 1 heterocycles. The van der Waals surface area contributed by atoms with Crippen molar-refractivity contribution in [3.05, 3.63) is 63.1 Å². The molecule has 5 nitrogen and oxygen atoms in total. The van der Waals surface area contributed by atoms with Gasteiger partial charge in [0, 0.05) is 17.8 Å². The highest BCUT2D eigenvalue weighted by molar-refractivity contribution is 5.78. The van der Waals surface area contributed by atoms with E-state index in [4.69, 9.17) is 4.74 Å². The summed E-state index contributed by atoms with van der Waals surface area (Å²) in [5, 5.41) is 2.79. The van der Waals surface area contributed by atoms with Crippen LogP contribution in [0.5, 0.6) is 5.75 Å². The Bertz CT molecular complexity index is 735. The molecule has 22 heavy (non-hydrogen) atoms. The normalized spacial score (nSPS) is 10.3. The number of carbonyl (C=O) groups is 1. The standard InChI is InChI=1S/C17H20N2O3/c1-11-7-12(2)19-17(21)15(11)10-18-16(20)9-13-5-4-6-14(8-13)22-3/h4-8H,9-10H2,1-3H3,(H,18,20)(H,19,21). The molecule has 2 aromatic rings. The zero-order chi connectivity index (χ0) is 16.1. The molecule has 0 bridgehead atoms. The molecule has 0 unspecified atom stereocenters. The van der Waals surface area contributed by atoms with Gasteiger partial charge in [0.05, 0.1) is 13.5 Å². The number of aromatic nitrogens is 1. The first kappa shape index (κ1) is 15.8. The largest absolute Gasteiger partial charge is 0.497 e. The second-order valence-corrected chi connectivity index (χ2v) is 5.25. The third-order valence-electron chi connectivity index (χ3n) is 3.45. The van der Waals surface area contributed by atoms with Crippen LogP contribution in [-0.2, 0) is 17.8 Å². The van der Waals surface area contributed by atoms with Gasteiger partial charge in [0.2, 0.25) is 5.91 Å². The molecular weight excluding hydrogens is 280 g/mol. The molecule has 0 atom stereocenters. The molecule has 0 radical (unpaired) electrons. The van der Waals surface area contributed by atoms with E-state index in [1.54, 1.807) is 7.11 Å². The summed E-state index contributed by atoms with van der Waals surface area (Å²) in [5.74, 6) is 0.587. The summed E-state index contributed by atoms with van der Waals surface area (Å²) in [6.45, 7) is 3.93. The van der Waals surface area contributed by atoms with Crippen LogP contribution >= 0.6 is 0 Å². The van der Waals surface area contributed by atoms with Crippen molar-refractivity contribution in [2.24, 2.45) is 0 Å². The van der Waals surface area contributed by atoms with Crippen molar-refractivity contribution in [2.75, 3.05) is 7.11 Å². The van der Waals surface area contributed by atoms with Crippen LogP contribution in [0.4, 0.5) is 0 Å². The van der Waals surface area contributed by atoms with Gasteiger partial charge < -0.3 is 15.0 Å². The average Bonchev–Trinajstić information content (AvgIpc) is 2.46. The molecule has 0 saturated carbocycles. The summed E-state index contributed by atoms with van der Waals surface area (Å²) in [6, 6.07) is 9.26. The number of amides is 1. The van der Waals surface area contributed by atoms with Gasteiger partial charge in [0.25, 0.3) is 5.56 Å². The molecule has 1 amide bonds. The minimum absolute atomic E-state index is 0.132. The van der Waals surface area contributed by atoms with Crippen LogP contribution < -0.4 is 15.6 Å². The summed E-state index contributed by atoms with van der Waals surface area (Å²) >= 11 is 0. The van der Waals surface area contributed by atoms with E-state index in [2.05, 4.69) is 10.3 Å². The number of methoxy groups -OCH3 is 1. The minimum Gasteiger partial charge on any atom is -0.497 e. The van der Waals surface area contributed by atoms with Crippen molar-refractivity contribution in [1.82, 2.24) is 10.3 Å². The maximum atomic E-state index is 12.0. The third kappa shape index (κ3) is 3.97. The summed E-state index contributed by atoms with van der Waals surface area (Å²) in [5.41, 5.74) is 2.99. The topological polar surface area (TPSA) is 71.2 Å². The van der Waals surface area contributed by atoms with Crippen LogP contribution in [-0.4, -0.2) is 18.0 Å². The van der Waals surface area contributed by atoms with E-state index >= 15 is 0 Å². The Morgan fingerprint density at radius 1 is 1.27 bits per heavy atom. The number of aryl methyl sites for hydroxylation is 2. The maximum absolute atomic E-state index is 12.0. The number of H-pyrrole nitrogens is 1. The van der Waals surface area contributed by atoms with Crippen molar-refractivity contribution in [1.29, 1.82) is 0 Å². The van der Waals surface area contributed by atoms with Crippen molar-refractivity contribution in [2.45, 2.75) is 26.8 Å². The van der Waals surface area contributed by atoms with Crippen LogP contribution in [0.2, 0.25) is 0 Å². The van der Waals surface area contributed by atoms with Crippen LogP contribution in [0.25, 0.3) is 0 Å². The van der Waals surface area contributed by atoms with Crippen molar-refractivity contribution in [3.63, 3.8) is 0 Å². The fourth-order valence-electron chi connectivity index (χ4n) is 2.32. The summed E-state index contributed by atoms with van der Waals surface area (Å²) in [7, 11) is 1.59. The van der Waals surface area contributed by atoms with E-state index in [1.807, 2.05) is 44.2 Å². The molecule has 1 aromatic heterocycles. The highest BCUT2D eigenvalue weighted by atomic mass is 16.5. The Morgan fingerprint density at radius 2 is 2.05 bits per heavy atom. The first-order valence-electron chi connectivity index (χ1n) is 7.08. The van der Waals surface area contributed by atoms with Gasteiger partial charge in [-0.05, 0) is 43.2 Å². The van der Waals surface area contributed by atoms with Gasteiger partial charge in [-0.2, -0.15) is 0 Å². The van der Waals surface area contributed by atoms with Gasteiger partial charge in [-0.25, -0.2) is 0 Å². The Kier molecular flexibility index (Phi) is 4.99. The Morgan fingerprint density at radius 3 is 2.73 bits per heavy atom. The quantitative estimate of drug-likeness (QED) is 0.885. The number of pyridine rings is 1. The van der Waals surface area contributed by atoms with Crippen LogP contribution in [0.3, 0.4) is 0 Å². The molecule has 5 heteroatoms. The van der Waals surface area contributed by atoms with E-state index in [0.29, 0.717) is 5.56 Å². The summed E-state index contributed by atoms with van der Waals surface area (Å²) < 4.78 is 5.13. The number of rotatable bonds is 5. The first-order valence-corrected chi connectivity index (χ1v) is 7.08. The number of ether oxygens (including phenoxy) is 1. The van der Waals surface area contributed by atoms with Gasteiger partial charge in [0.1, 0.15) is 5.75 Å². The predicted molar refractivity (Wildman–Crippen MR) is 85.1 cm³/mol. The number of carbonyl (C=O) groups excluding carboxylic acids is 1. The van der Waals surface area contributed by atoms with Gasteiger partial charge in [0.15, 0.2) is 0 Å². The summed E-state index contributed by atoms with van der Waals surface area (Å²) in [4.78, 5) is 26.6. The molecule has 1 aromatic carbocycles. The van der Waals surface area contributed by atoms with Crippen molar-refractivity contribution >= 4 is 5.91 Å². The molecule has 0 saturated heterocycles. The van der Waals surface area contributed by atoms with Gasteiger partial charge >= 0.3 is 0 Å². The highest BCUT2D eigenvalue weighted by Crippen LogP contribution is 2.13. The smallest absolute Gasteiger partial charge is 0.253 e. The number of nitrogens with one attached hydrogen (secondary N) is 2. The highest BCUT2D eigenvalue weighted by Gasteiger charge is 2.08. The lowest BCUT2D eigenvalue weighted by Crippen LogP contribution is -2.29. The fourth-order valence-corrected chi connectivity index (χ4v) is 2.32. The van der Waals surface area contributed by atoms with E-state index in [1.165, 1.54) is 0 Å². The van der Waals surface area contributed by atoms with Crippen molar-refractivity contribution in [3.8, 4) is 5.75 Å². The monoisotopic (exact) mass is 300 g/mol. The third-order valence-corrected chi connectivity index (χ3v) is 3.45. The molecule has 2 N–H and O–H groups in total. The lowest BCUT2D eigenvalue weighted by atomic mass is 10.1. The number of aromatic amines is 1. The molecule has 0 aliphatic heterocycles. The fraction of sp³-hybridized carbons (Fsp3) is 0.294. The molecule has 0 spiro atoms. The first-order chi connectivity index (χ1) is 10.5. The number of hydrogen-bond donors (Lipinski definition) is 2. The van der Waals surface area contributed by atoms with Gasteiger partial charge in [-0.15, -0.1) is 0 Å². The number of benzene rings is 1. The Labute approximate surface area is 129 Å². The van der Waals surface area contributed by atoms with E-state index in [0.717, 1.165) is 22.6 Å². The van der Waals surface area contributed by atoms with E-state index in [9.17, 15) is 9.59 Å². The van der Waals surface area contributed by atoms with Crippen LogP contribution in [0.1, 0.15) is 22.4 Å². The van der Waals surface area contributed by atoms with E-state index in [-0.39, 0.29) is 24.4 Å². The van der Waals surface area contributed by atoms with Gasteiger partial charge in [-0.1, -0.05) is 12.1 Å². The zero-order valence-corrected chi connectivity index (χ0v) is 13.0. The van der Waals surface area contributed by atoms with Gasteiger partial charge in [-0.3, -0.25) is 9.59 Å². The van der Waals surface area contributed by atoms with Crippen molar-refractivity contribution < 1.29 is 9.53 Å². The lowest BCUT2D eigenvalue weighted by Gasteiger charge is -2.09. The second-order valence-electron chi connectivity index (χ2n) is 5.25. The molecule has 0 aliphatic rings. The lowest BCUT2D eigenvalue weighted by molar-refractivity contribution is -0.120. The minimum atomic E-state index is -0.154. The molecular formula is C17H20N2O3. The maximum Gasteiger partial charge on any atom is 0.253 e. The number of hydrogen-bond acceptors (Lipinski definition) is 3. The molecule has 0 fully saturated rings. The summed E-state index contributed by atoms with van der Waals surface area (Å²) in [6.07, 6.45) is 0.250.